The smallest absolute Gasteiger partial charge is 0.234 e. The van der Waals surface area contributed by atoms with E-state index in [1.807, 2.05) is 54.8 Å². The van der Waals surface area contributed by atoms with Gasteiger partial charge in [-0.2, -0.15) is 0 Å². The summed E-state index contributed by atoms with van der Waals surface area (Å²) < 4.78 is 7.32. The van der Waals surface area contributed by atoms with Gasteiger partial charge in [0.15, 0.2) is 11.0 Å². The third-order valence-corrected chi connectivity index (χ3v) is 4.49. The van der Waals surface area contributed by atoms with Gasteiger partial charge in [0.2, 0.25) is 5.91 Å². The number of amides is 1. The Bertz CT molecular complexity index is 826. The second kappa shape index (κ2) is 7.35. The molecule has 2 aromatic heterocycles. The molecule has 3 rings (SSSR count). The molecule has 0 aliphatic carbocycles. The number of para-hydroxylation sites is 1. The number of nitrogens with zero attached hydrogens (tertiary/aromatic N) is 3. The standard InChI is InChI=1S/C17H18N4O2S/c1-3-21-16(14-9-10-23-12(14)2)19-20-17(21)24-11-15(22)18-13-7-5-4-6-8-13/h4-10H,3,11H2,1-2H3,(H,18,22). The van der Waals surface area contributed by atoms with Gasteiger partial charge in [-0.1, -0.05) is 30.0 Å². The normalized spacial score (nSPS) is 10.8. The number of carbonyl (C=O) groups is 1. The maximum Gasteiger partial charge on any atom is 0.234 e. The number of furan rings is 1. The van der Waals surface area contributed by atoms with Crippen LogP contribution in [0.25, 0.3) is 11.4 Å². The number of rotatable bonds is 6. The molecule has 0 unspecified atom stereocenters. The number of carbonyl (C=O) groups excluding carboxylic acids is 1. The van der Waals surface area contributed by atoms with Gasteiger partial charge in [0, 0.05) is 12.2 Å². The van der Waals surface area contributed by atoms with Crippen LogP contribution in [0.2, 0.25) is 0 Å². The fourth-order valence-electron chi connectivity index (χ4n) is 2.35. The summed E-state index contributed by atoms with van der Waals surface area (Å²) in [4.78, 5) is 12.1. The summed E-state index contributed by atoms with van der Waals surface area (Å²) in [6.45, 7) is 4.64. The molecular weight excluding hydrogens is 324 g/mol. The molecule has 0 saturated carbocycles. The van der Waals surface area contributed by atoms with Gasteiger partial charge >= 0.3 is 0 Å². The van der Waals surface area contributed by atoms with E-state index in [0.29, 0.717) is 0 Å². The van der Waals surface area contributed by atoms with Crippen molar-refractivity contribution in [1.29, 1.82) is 0 Å². The molecule has 1 N–H and O–H groups in total. The molecule has 0 atom stereocenters. The second-order valence-electron chi connectivity index (χ2n) is 5.14. The minimum absolute atomic E-state index is 0.0714. The molecular formula is C17H18N4O2S. The number of nitrogens with one attached hydrogen (secondary N) is 1. The lowest BCUT2D eigenvalue weighted by Gasteiger charge is -2.07. The van der Waals surface area contributed by atoms with Crippen LogP contribution in [0.15, 0.2) is 52.2 Å². The molecule has 0 saturated heterocycles. The highest BCUT2D eigenvalue weighted by molar-refractivity contribution is 7.99. The molecule has 1 amide bonds. The Hall–Kier alpha value is -2.54. The molecule has 6 nitrogen and oxygen atoms in total. The van der Waals surface area contributed by atoms with E-state index in [2.05, 4.69) is 15.5 Å². The Morgan fingerprint density at radius 3 is 2.71 bits per heavy atom. The number of hydrogen-bond donors (Lipinski definition) is 1. The summed E-state index contributed by atoms with van der Waals surface area (Å²) in [5, 5.41) is 12.0. The highest BCUT2D eigenvalue weighted by Crippen LogP contribution is 2.26. The van der Waals surface area contributed by atoms with Crippen LogP contribution in [0.5, 0.6) is 0 Å². The summed E-state index contributed by atoms with van der Waals surface area (Å²) in [5.74, 6) is 1.76. The monoisotopic (exact) mass is 342 g/mol. The van der Waals surface area contributed by atoms with Crippen molar-refractivity contribution in [2.24, 2.45) is 0 Å². The number of aryl methyl sites for hydroxylation is 1. The van der Waals surface area contributed by atoms with Crippen LogP contribution in [0, 0.1) is 6.92 Å². The van der Waals surface area contributed by atoms with Gasteiger partial charge in [0.05, 0.1) is 17.6 Å². The fraction of sp³-hybridized carbons (Fsp3) is 0.235. The predicted octanol–water partition coefficient (Wildman–Crippen LogP) is 3.60. The number of anilines is 1. The van der Waals surface area contributed by atoms with E-state index in [0.717, 1.165) is 34.5 Å². The topological polar surface area (TPSA) is 73.0 Å². The first-order valence-corrected chi connectivity index (χ1v) is 8.63. The summed E-state index contributed by atoms with van der Waals surface area (Å²) in [6, 6.07) is 11.3. The van der Waals surface area contributed by atoms with Gasteiger partial charge in [-0.05, 0) is 32.0 Å². The molecule has 1 aromatic carbocycles. The summed E-state index contributed by atoms with van der Waals surface area (Å²) >= 11 is 1.37. The number of benzene rings is 1. The van der Waals surface area contributed by atoms with Crippen molar-refractivity contribution in [2.75, 3.05) is 11.1 Å². The van der Waals surface area contributed by atoms with Crippen LogP contribution in [-0.2, 0) is 11.3 Å². The van der Waals surface area contributed by atoms with Gasteiger partial charge in [-0.3, -0.25) is 4.79 Å². The summed E-state index contributed by atoms with van der Waals surface area (Å²) in [5.41, 5.74) is 1.71. The van der Waals surface area contributed by atoms with Crippen molar-refractivity contribution >= 4 is 23.4 Å². The predicted molar refractivity (Wildman–Crippen MR) is 93.9 cm³/mol. The van der Waals surface area contributed by atoms with Gasteiger partial charge in [0.1, 0.15) is 5.76 Å². The van der Waals surface area contributed by atoms with Crippen molar-refractivity contribution in [3.8, 4) is 11.4 Å². The first-order chi connectivity index (χ1) is 11.7. The highest BCUT2D eigenvalue weighted by Gasteiger charge is 2.17. The molecule has 0 spiro atoms. The van der Waals surface area contributed by atoms with E-state index in [4.69, 9.17) is 4.42 Å². The third kappa shape index (κ3) is 3.51. The van der Waals surface area contributed by atoms with E-state index < -0.39 is 0 Å². The molecule has 0 radical (unpaired) electrons. The zero-order valence-electron chi connectivity index (χ0n) is 13.5. The van der Waals surface area contributed by atoms with Gasteiger partial charge in [-0.25, -0.2) is 0 Å². The van der Waals surface area contributed by atoms with Crippen molar-refractivity contribution < 1.29 is 9.21 Å². The minimum atomic E-state index is -0.0714. The third-order valence-electron chi connectivity index (χ3n) is 3.52. The van der Waals surface area contributed by atoms with E-state index >= 15 is 0 Å². The van der Waals surface area contributed by atoms with Crippen LogP contribution in [0.4, 0.5) is 5.69 Å². The van der Waals surface area contributed by atoms with Crippen LogP contribution >= 0.6 is 11.8 Å². The molecule has 24 heavy (non-hydrogen) atoms. The lowest BCUT2D eigenvalue weighted by molar-refractivity contribution is -0.113. The molecule has 3 aromatic rings. The largest absolute Gasteiger partial charge is 0.469 e. The Kier molecular flexibility index (Phi) is 5.00. The maximum absolute atomic E-state index is 12.1. The van der Waals surface area contributed by atoms with Gasteiger partial charge < -0.3 is 14.3 Å². The Labute approximate surface area is 144 Å². The average molecular weight is 342 g/mol. The molecule has 124 valence electrons. The molecule has 2 heterocycles. The quantitative estimate of drug-likeness (QED) is 0.693. The molecule has 7 heteroatoms. The summed E-state index contributed by atoms with van der Waals surface area (Å²) in [7, 11) is 0. The van der Waals surface area contributed by atoms with E-state index in [1.165, 1.54) is 11.8 Å². The van der Waals surface area contributed by atoms with E-state index in [9.17, 15) is 4.79 Å². The van der Waals surface area contributed by atoms with Crippen molar-refractivity contribution in [3.63, 3.8) is 0 Å². The van der Waals surface area contributed by atoms with Crippen LogP contribution in [0.1, 0.15) is 12.7 Å². The van der Waals surface area contributed by atoms with E-state index in [-0.39, 0.29) is 11.7 Å². The van der Waals surface area contributed by atoms with Crippen molar-refractivity contribution in [1.82, 2.24) is 14.8 Å². The number of hydrogen-bond acceptors (Lipinski definition) is 5. The maximum atomic E-state index is 12.1. The first-order valence-electron chi connectivity index (χ1n) is 7.64. The lowest BCUT2D eigenvalue weighted by atomic mass is 10.2. The van der Waals surface area contributed by atoms with E-state index in [1.54, 1.807) is 6.26 Å². The second-order valence-corrected chi connectivity index (χ2v) is 6.09. The molecule has 0 fully saturated rings. The minimum Gasteiger partial charge on any atom is -0.469 e. The number of aromatic nitrogens is 3. The summed E-state index contributed by atoms with van der Waals surface area (Å²) in [6.07, 6.45) is 1.64. The Morgan fingerprint density at radius 2 is 2.04 bits per heavy atom. The Morgan fingerprint density at radius 1 is 1.25 bits per heavy atom. The van der Waals surface area contributed by atoms with Crippen LogP contribution in [0.3, 0.4) is 0 Å². The SMILES string of the molecule is CCn1c(SCC(=O)Nc2ccccc2)nnc1-c1ccoc1C. The first kappa shape index (κ1) is 16.3. The zero-order valence-corrected chi connectivity index (χ0v) is 14.3. The van der Waals surface area contributed by atoms with Crippen LogP contribution in [-0.4, -0.2) is 26.4 Å². The van der Waals surface area contributed by atoms with Crippen molar-refractivity contribution in [3.05, 3.63) is 48.4 Å². The Balaban J connectivity index is 1.69. The lowest BCUT2D eigenvalue weighted by Crippen LogP contribution is -2.14. The number of thioether (sulfide) groups is 1. The van der Waals surface area contributed by atoms with Gasteiger partial charge in [0.25, 0.3) is 0 Å². The van der Waals surface area contributed by atoms with Crippen LogP contribution < -0.4 is 5.32 Å². The van der Waals surface area contributed by atoms with Gasteiger partial charge in [-0.15, -0.1) is 10.2 Å². The molecule has 0 aliphatic rings. The fourth-order valence-corrected chi connectivity index (χ4v) is 3.15. The highest BCUT2D eigenvalue weighted by atomic mass is 32.2. The molecule has 0 bridgehead atoms. The van der Waals surface area contributed by atoms with Crippen molar-refractivity contribution in [2.45, 2.75) is 25.5 Å². The zero-order chi connectivity index (χ0) is 16.9. The average Bonchev–Trinajstić information content (AvgIpc) is 3.19. The molecule has 0 aliphatic heterocycles.